The Kier molecular flexibility index (Phi) is 4.64. The highest BCUT2D eigenvalue weighted by molar-refractivity contribution is 6.35. The molecule has 0 amide bonds. The molecular weight excluding hydrogens is 302 g/mol. The van der Waals surface area contributed by atoms with Gasteiger partial charge in [-0.3, -0.25) is 0 Å². The first kappa shape index (κ1) is 16.4. The molecule has 1 aliphatic rings. The molecular formula is C10H11ClF6O2. The van der Waals surface area contributed by atoms with E-state index in [-0.39, 0.29) is 12.8 Å². The molecule has 0 aromatic rings. The Balaban J connectivity index is 2.90. The quantitative estimate of drug-likeness (QED) is 0.438. The number of hydrogen-bond acceptors (Lipinski definition) is 2. The minimum absolute atomic E-state index is 0.244. The fourth-order valence-corrected chi connectivity index (χ4v) is 1.85. The van der Waals surface area contributed by atoms with Crippen molar-refractivity contribution in [1.29, 1.82) is 0 Å². The molecule has 0 atom stereocenters. The zero-order valence-electron chi connectivity index (χ0n) is 9.58. The van der Waals surface area contributed by atoms with Gasteiger partial charge in [0.15, 0.2) is 0 Å². The van der Waals surface area contributed by atoms with Crippen LogP contribution in [0.2, 0.25) is 0 Å². The first-order chi connectivity index (χ1) is 8.50. The number of esters is 1. The van der Waals surface area contributed by atoms with Gasteiger partial charge >= 0.3 is 23.2 Å². The van der Waals surface area contributed by atoms with E-state index in [0.29, 0.717) is 12.8 Å². The Morgan fingerprint density at radius 3 is 1.74 bits per heavy atom. The first-order valence-electron chi connectivity index (χ1n) is 5.53. The average Bonchev–Trinajstić information content (AvgIpc) is 2.26. The molecule has 0 N–H and O–H groups in total. The Hall–Kier alpha value is -0.660. The molecule has 0 saturated heterocycles. The van der Waals surface area contributed by atoms with Crippen LogP contribution in [0.5, 0.6) is 0 Å². The van der Waals surface area contributed by atoms with Gasteiger partial charge in [-0.15, -0.1) is 0 Å². The minimum atomic E-state index is -5.97. The molecule has 1 rings (SSSR count). The summed E-state index contributed by atoms with van der Waals surface area (Å²) in [4.78, 5) is 6.23. The fraction of sp³-hybridized carbons (Fsp3) is 0.900. The third-order valence-corrected chi connectivity index (χ3v) is 3.47. The van der Waals surface area contributed by atoms with E-state index in [1.54, 1.807) is 0 Å². The van der Waals surface area contributed by atoms with Crippen molar-refractivity contribution >= 4 is 17.6 Å². The van der Waals surface area contributed by atoms with Crippen LogP contribution in [0.15, 0.2) is 0 Å². The van der Waals surface area contributed by atoms with E-state index in [1.165, 1.54) is 0 Å². The van der Waals surface area contributed by atoms with Gasteiger partial charge in [0.05, 0.1) is 0 Å². The maximum atomic E-state index is 12.5. The summed E-state index contributed by atoms with van der Waals surface area (Å²) in [5.41, 5.74) is 0. The van der Waals surface area contributed by atoms with Gasteiger partial charge in [-0.1, -0.05) is 18.0 Å². The third-order valence-electron chi connectivity index (χ3n) is 2.89. The SMILES string of the molecule is O=C(OC1CCCCC1)C(Cl)(C(F)(F)F)C(F)(F)F. The fourth-order valence-electron chi connectivity index (χ4n) is 1.81. The van der Waals surface area contributed by atoms with Crippen LogP contribution < -0.4 is 0 Å². The van der Waals surface area contributed by atoms with Gasteiger partial charge < -0.3 is 4.74 Å². The molecule has 1 saturated carbocycles. The molecule has 0 radical (unpaired) electrons. The highest BCUT2D eigenvalue weighted by Crippen LogP contribution is 2.49. The Labute approximate surface area is 110 Å². The molecule has 0 heterocycles. The van der Waals surface area contributed by atoms with Crippen molar-refractivity contribution in [1.82, 2.24) is 0 Å². The molecule has 2 nitrogen and oxygen atoms in total. The summed E-state index contributed by atoms with van der Waals surface area (Å²) >= 11 is 4.54. The molecule has 0 bridgehead atoms. The Morgan fingerprint density at radius 2 is 1.37 bits per heavy atom. The molecule has 0 aromatic carbocycles. The van der Waals surface area contributed by atoms with Crippen molar-refractivity contribution in [2.24, 2.45) is 0 Å². The lowest BCUT2D eigenvalue weighted by atomic mass is 9.97. The molecule has 1 fully saturated rings. The van der Waals surface area contributed by atoms with Gasteiger partial charge in [0, 0.05) is 0 Å². The summed E-state index contributed by atoms with van der Waals surface area (Å²) in [5.74, 6) is -2.50. The maximum Gasteiger partial charge on any atom is 0.427 e. The van der Waals surface area contributed by atoms with Gasteiger partial charge in [-0.25, -0.2) is 4.79 Å². The van der Waals surface area contributed by atoms with Crippen LogP contribution in [-0.2, 0) is 9.53 Å². The molecule has 0 aliphatic heterocycles. The van der Waals surface area contributed by atoms with Crippen molar-refractivity contribution in [2.75, 3.05) is 0 Å². The van der Waals surface area contributed by atoms with Gasteiger partial charge in [-0.05, 0) is 25.7 Å². The van der Waals surface area contributed by atoms with Crippen molar-refractivity contribution in [2.45, 2.75) is 55.4 Å². The topological polar surface area (TPSA) is 26.3 Å². The summed E-state index contributed by atoms with van der Waals surface area (Å²) in [7, 11) is 0. The lowest BCUT2D eigenvalue weighted by Gasteiger charge is -2.31. The van der Waals surface area contributed by atoms with E-state index in [0.717, 1.165) is 6.42 Å². The van der Waals surface area contributed by atoms with Crippen LogP contribution in [0.3, 0.4) is 0 Å². The summed E-state index contributed by atoms with van der Waals surface area (Å²) < 4.78 is 79.0. The van der Waals surface area contributed by atoms with Crippen molar-refractivity contribution in [3.05, 3.63) is 0 Å². The van der Waals surface area contributed by atoms with Crippen molar-refractivity contribution in [3.63, 3.8) is 0 Å². The maximum absolute atomic E-state index is 12.5. The van der Waals surface area contributed by atoms with Crippen molar-refractivity contribution < 1.29 is 35.9 Å². The molecule has 9 heteroatoms. The van der Waals surface area contributed by atoms with Crippen LogP contribution in [0.25, 0.3) is 0 Å². The first-order valence-corrected chi connectivity index (χ1v) is 5.91. The molecule has 112 valence electrons. The lowest BCUT2D eigenvalue weighted by Crippen LogP contribution is -2.59. The number of rotatable bonds is 2. The highest BCUT2D eigenvalue weighted by Gasteiger charge is 2.76. The lowest BCUT2D eigenvalue weighted by molar-refractivity contribution is -0.269. The monoisotopic (exact) mass is 312 g/mol. The number of ether oxygens (including phenoxy) is 1. The smallest absolute Gasteiger partial charge is 0.427 e. The summed E-state index contributed by atoms with van der Waals surface area (Å²) in [6.45, 7) is 0. The van der Waals surface area contributed by atoms with Crippen LogP contribution in [0, 0.1) is 0 Å². The van der Waals surface area contributed by atoms with Gasteiger partial charge in [0.1, 0.15) is 6.10 Å². The largest absolute Gasteiger partial charge is 0.461 e. The number of hydrogen-bond donors (Lipinski definition) is 0. The summed E-state index contributed by atoms with van der Waals surface area (Å²) in [6, 6.07) is 0. The standard InChI is InChI=1S/C10H11ClF6O2/c11-8(9(12,13)14,10(15,16)17)7(18)19-6-4-2-1-3-5-6/h6H,1-5H2. The number of halogens is 7. The van der Waals surface area contributed by atoms with Crippen LogP contribution in [0.4, 0.5) is 26.3 Å². The average molecular weight is 313 g/mol. The second-order valence-electron chi connectivity index (χ2n) is 4.32. The van der Waals surface area contributed by atoms with E-state index in [2.05, 4.69) is 16.3 Å². The zero-order chi connectivity index (χ0) is 14.9. The highest BCUT2D eigenvalue weighted by atomic mass is 35.5. The van der Waals surface area contributed by atoms with E-state index in [1.807, 2.05) is 0 Å². The van der Waals surface area contributed by atoms with Gasteiger partial charge in [0.2, 0.25) is 0 Å². The molecule has 0 unspecified atom stereocenters. The number of carbonyl (C=O) groups is 1. The normalized spacial score (nSPS) is 19.3. The van der Waals surface area contributed by atoms with Crippen molar-refractivity contribution in [3.8, 4) is 0 Å². The minimum Gasteiger partial charge on any atom is -0.461 e. The van der Waals surface area contributed by atoms with E-state index in [4.69, 9.17) is 0 Å². The third kappa shape index (κ3) is 3.27. The second-order valence-corrected chi connectivity index (χ2v) is 4.89. The van der Waals surface area contributed by atoms with Crippen LogP contribution >= 0.6 is 11.6 Å². The van der Waals surface area contributed by atoms with Crippen LogP contribution in [0.1, 0.15) is 32.1 Å². The Bertz CT molecular complexity index is 318. The Morgan fingerprint density at radius 1 is 0.947 bits per heavy atom. The molecule has 0 spiro atoms. The van der Waals surface area contributed by atoms with E-state index >= 15 is 0 Å². The number of alkyl halides is 7. The number of carbonyl (C=O) groups excluding carboxylic acids is 1. The van der Waals surface area contributed by atoms with Gasteiger partial charge in [-0.2, -0.15) is 26.3 Å². The zero-order valence-corrected chi connectivity index (χ0v) is 10.3. The van der Waals surface area contributed by atoms with E-state index < -0.39 is 29.3 Å². The molecule has 19 heavy (non-hydrogen) atoms. The van der Waals surface area contributed by atoms with Crippen LogP contribution in [-0.4, -0.2) is 29.3 Å². The molecule has 1 aliphatic carbocycles. The summed E-state index contributed by atoms with van der Waals surface area (Å²) in [5, 5.41) is 0. The summed E-state index contributed by atoms with van der Waals surface area (Å²) in [6.07, 6.45) is -10.4. The van der Waals surface area contributed by atoms with E-state index in [9.17, 15) is 31.1 Å². The van der Waals surface area contributed by atoms with Gasteiger partial charge in [0.25, 0.3) is 0 Å². The predicted octanol–water partition coefficient (Wildman–Crippen LogP) is 3.96. The molecule has 0 aromatic heterocycles. The second kappa shape index (κ2) is 5.38. The predicted molar refractivity (Wildman–Crippen MR) is 53.7 cm³/mol.